The van der Waals surface area contributed by atoms with Crippen molar-refractivity contribution < 1.29 is 9.59 Å². The molecule has 0 saturated heterocycles. The van der Waals surface area contributed by atoms with Gasteiger partial charge in [0.1, 0.15) is 0 Å². The van der Waals surface area contributed by atoms with Crippen LogP contribution in [0.1, 0.15) is 58.1 Å². The van der Waals surface area contributed by atoms with Gasteiger partial charge in [-0.2, -0.15) is 0 Å². The summed E-state index contributed by atoms with van der Waals surface area (Å²) in [5, 5.41) is 5.81. The van der Waals surface area contributed by atoms with E-state index in [0.29, 0.717) is 12.8 Å². The fourth-order valence-corrected chi connectivity index (χ4v) is 3.50. The largest absolute Gasteiger partial charge is 0.359 e. The van der Waals surface area contributed by atoms with Gasteiger partial charge in [0.2, 0.25) is 11.8 Å². The van der Waals surface area contributed by atoms with Crippen molar-refractivity contribution in [2.24, 2.45) is 5.41 Å². The number of hydrogen-bond donors (Lipinski definition) is 2. The van der Waals surface area contributed by atoms with Gasteiger partial charge >= 0.3 is 0 Å². The average Bonchev–Trinajstić information content (AvgIpc) is 3.09. The summed E-state index contributed by atoms with van der Waals surface area (Å²) in [7, 11) is 1.63. The smallest absolute Gasteiger partial charge is 0.231 e. The van der Waals surface area contributed by atoms with Gasteiger partial charge in [-0.15, -0.1) is 0 Å². The number of benzene rings is 1. The molecule has 2 amide bonds. The van der Waals surface area contributed by atoms with Gasteiger partial charge in [-0.05, 0) is 44.6 Å². The Balaban J connectivity index is 2.16. The maximum Gasteiger partial charge on any atom is 0.231 e. The topological polar surface area (TPSA) is 58.2 Å². The van der Waals surface area contributed by atoms with Gasteiger partial charge in [0.05, 0.1) is 5.41 Å². The summed E-state index contributed by atoms with van der Waals surface area (Å²) in [5.74, 6) is 0.0654. The Morgan fingerprint density at radius 1 is 1.17 bits per heavy atom. The second-order valence-corrected chi connectivity index (χ2v) is 8.34. The fourth-order valence-electron chi connectivity index (χ4n) is 3.50. The number of amides is 2. The highest BCUT2D eigenvalue weighted by Gasteiger charge is 2.67. The first-order valence-electron chi connectivity index (χ1n) is 8.64. The highest BCUT2D eigenvalue weighted by atomic mass is 16.2. The molecular formula is C20H30N2O2. The van der Waals surface area contributed by atoms with Crippen LogP contribution in [0.5, 0.6) is 0 Å². The predicted molar refractivity (Wildman–Crippen MR) is 96.8 cm³/mol. The molecule has 0 unspecified atom stereocenters. The third kappa shape index (κ3) is 3.47. The molecule has 1 aromatic rings. The van der Waals surface area contributed by atoms with Crippen molar-refractivity contribution in [3.63, 3.8) is 0 Å². The molecule has 24 heavy (non-hydrogen) atoms. The van der Waals surface area contributed by atoms with Gasteiger partial charge in [0.15, 0.2) is 0 Å². The molecule has 0 radical (unpaired) electrons. The van der Waals surface area contributed by atoms with Crippen molar-refractivity contribution in [3.8, 4) is 0 Å². The molecular weight excluding hydrogens is 300 g/mol. The molecule has 4 heteroatoms. The molecule has 1 aliphatic carbocycles. The van der Waals surface area contributed by atoms with Crippen LogP contribution in [-0.2, 0) is 15.0 Å². The van der Waals surface area contributed by atoms with Crippen LogP contribution in [0.15, 0.2) is 24.3 Å². The summed E-state index contributed by atoms with van der Waals surface area (Å²) in [4.78, 5) is 24.6. The van der Waals surface area contributed by atoms with E-state index >= 15 is 0 Å². The number of hydrogen-bond acceptors (Lipinski definition) is 2. The standard InChI is InChI=1S/C20H30N2O2/c1-14-7-9-15(10-8-14)20(13-18(20,2)3)17(24)22-19(4,5)12-11-16(23)21-6/h7-10H,11-13H2,1-6H3,(H,21,23)(H,22,24)/t20-/m0/s1. The molecule has 1 saturated carbocycles. The molecule has 1 aromatic carbocycles. The third-order valence-corrected chi connectivity index (χ3v) is 5.38. The predicted octanol–water partition coefficient (Wildman–Crippen LogP) is 3.08. The molecule has 2 N–H and O–H groups in total. The van der Waals surface area contributed by atoms with Gasteiger partial charge in [0.25, 0.3) is 0 Å². The van der Waals surface area contributed by atoms with E-state index in [2.05, 4.69) is 55.7 Å². The van der Waals surface area contributed by atoms with E-state index < -0.39 is 11.0 Å². The van der Waals surface area contributed by atoms with Gasteiger partial charge in [-0.1, -0.05) is 43.7 Å². The lowest BCUT2D eigenvalue weighted by Crippen LogP contribution is -2.49. The lowest BCUT2D eigenvalue weighted by molar-refractivity contribution is -0.127. The van der Waals surface area contributed by atoms with E-state index in [9.17, 15) is 9.59 Å². The van der Waals surface area contributed by atoms with Crippen LogP contribution in [0.4, 0.5) is 0 Å². The zero-order valence-corrected chi connectivity index (χ0v) is 15.7. The van der Waals surface area contributed by atoms with Gasteiger partial charge < -0.3 is 10.6 Å². The molecule has 0 heterocycles. The first-order chi connectivity index (χ1) is 11.0. The van der Waals surface area contributed by atoms with Crippen LogP contribution in [-0.4, -0.2) is 24.4 Å². The molecule has 4 nitrogen and oxygen atoms in total. The van der Waals surface area contributed by atoms with E-state index in [1.54, 1.807) is 7.05 Å². The number of nitrogens with one attached hydrogen (secondary N) is 2. The third-order valence-electron chi connectivity index (χ3n) is 5.38. The second kappa shape index (κ2) is 6.23. The van der Waals surface area contributed by atoms with Crippen LogP contribution in [0, 0.1) is 12.3 Å². The Bertz CT molecular complexity index is 632. The Morgan fingerprint density at radius 3 is 2.17 bits per heavy atom. The van der Waals surface area contributed by atoms with Crippen molar-refractivity contribution in [3.05, 3.63) is 35.4 Å². The van der Waals surface area contributed by atoms with Gasteiger partial charge in [-0.3, -0.25) is 9.59 Å². The first-order valence-corrected chi connectivity index (χ1v) is 8.64. The molecule has 2 rings (SSSR count). The van der Waals surface area contributed by atoms with E-state index in [1.165, 1.54) is 5.56 Å². The second-order valence-electron chi connectivity index (χ2n) is 8.34. The normalized spacial score (nSPS) is 21.9. The van der Waals surface area contributed by atoms with Crippen LogP contribution in [0.2, 0.25) is 0 Å². The van der Waals surface area contributed by atoms with E-state index in [-0.39, 0.29) is 17.2 Å². The monoisotopic (exact) mass is 330 g/mol. The lowest BCUT2D eigenvalue weighted by atomic mass is 9.85. The Hall–Kier alpha value is -1.84. The highest BCUT2D eigenvalue weighted by Crippen LogP contribution is 2.64. The maximum absolute atomic E-state index is 13.1. The summed E-state index contributed by atoms with van der Waals surface area (Å²) >= 11 is 0. The summed E-state index contributed by atoms with van der Waals surface area (Å²) in [5.41, 5.74) is 1.34. The molecule has 0 bridgehead atoms. The molecule has 0 aromatic heterocycles. The van der Waals surface area contributed by atoms with Gasteiger partial charge in [-0.25, -0.2) is 0 Å². The summed E-state index contributed by atoms with van der Waals surface area (Å²) in [6.07, 6.45) is 1.87. The zero-order chi connectivity index (χ0) is 18.2. The molecule has 1 fully saturated rings. The van der Waals surface area contributed by atoms with Crippen molar-refractivity contribution in [1.82, 2.24) is 10.6 Å². The number of carbonyl (C=O) groups excluding carboxylic acids is 2. The van der Waals surface area contributed by atoms with E-state index in [1.807, 2.05) is 13.8 Å². The summed E-state index contributed by atoms with van der Waals surface area (Å²) < 4.78 is 0. The molecule has 1 aliphatic rings. The maximum atomic E-state index is 13.1. The minimum Gasteiger partial charge on any atom is -0.359 e. The Morgan fingerprint density at radius 2 is 1.71 bits per heavy atom. The van der Waals surface area contributed by atoms with Crippen molar-refractivity contribution >= 4 is 11.8 Å². The summed E-state index contributed by atoms with van der Waals surface area (Å²) in [6, 6.07) is 8.27. The molecule has 1 atom stereocenters. The van der Waals surface area contributed by atoms with E-state index in [4.69, 9.17) is 0 Å². The minimum atomic E-state index is -0.467. The zero-order valence-electron chi connectivity index (χ0n) is 15.7. The molecule has 0 spiro atoms. The number of carbonyl (C=O) groups is 2. The Labute approximate surface area is 145 Å². The number of aryl methyl sites for hydroxylation is 1. The Kier molecular flexibility index (Phi) is 4.80. The van der Waals surface area contributed by atoms with Crippen LogP contribution >= 0.6 is 0 Å². The van der Waals surface area contributed by atoms with Crippen molar-refractivity contribution in [2.75, 3.05) is 7.05 Å². The first kappa shape index (κ1) is 18.5. The van der Waals surface area contributed by atoms with Gasteiger partial charge in [0, 0.05) is 19.0 Å². The molecule has 132 valence electrons. The number of rotatable bonds is 6. The summed E-state index contributed by atoms with van der Waals surface area (Å²) in [6.45, 7) is 10.3. The fraction of sp³-hybridized carbons (Fsp3) is 0.600. The van der Waals surface area contributed by atoms with E-state index in [0.717, 1.165) is 12.0 Å². The van der Waals surface area contributed by atoms with Crippen molar-refractivity contribution in [2.45, 2.75) is 64.8 Å². The minimum absolute atomic E-state index is 0.00248. The highest BCUT2D eigenvalue weighted by molar-refractivity contribution is 5.93. The average molecular weight is 330 g/mol. The van der Waals surface area contributed by atoms with Crippen LogP contribution < -0.4 is 10.6 Å². The van der Waals surface area contributed by atoms with Crippen molar-refractivity contribution in [1.29, 1.82) is 0 Å². The van der Waals surface area contributed by atoms with Crippen LogP contribution in [0.25, 0.3) is 0 Å². The lowest BCUT2D eigenvalue weighted by Gasteiger charge is -2.30. The SMILES string of the molecule is CNC(=O)CCC(C)(C)NC(=O)[C@@]1(c2ccc(C)cc2)CC1(C)C. The molecule has 0 aliphatic heterocycles. The van der Waals surface area contributed by atoms with Crippen LogP contribution in [0.3, 0.4) is 0 Å². The quantitative estimate of drug-likeness (QED) is 0.842.